The topological polar surface area (TPSA) is 96.0 Å². The van der Waals surface area contributed by atoms with E-state index in [1.807, 2.05) is 75.4 Å². The minimum absolute atomic E-state index is 0.0749. The second kappa shape index (κ2) is 16.7. The van der Waals surface area contributed by atoms with Crippen LogP contribution in [0.25, 0.3) is 0 Å². The number of anilines is 1. The fraction of sp³-hybridized carbons (Fsp3) is 0.297. The maximum atomic E-state index is 14.5. The van der Waals surface area contributed by atoms with E-state index in [0.717, 1.165) is 46.0 Å². The van der Waals surface area contributed by atoms with Gasteiger partial charge in [-0.2, -0.15) is 0 Å². The number of benzene rings is 4. The summed E-state index contributed by atoms with van der Waals surface area (Å²) in [5, 5.41) is 2.98. The molecular formula is C37H42FN3O5S. The Morgan fingerprint density at radius 2 is 1.51 bits per heavy atom. The van der Waals surface area contributed by atoms with Crippen molar-refractivity contribution in [1.29, 1.82) is 0 Å². The number of rotatable bonds is 16. The molecule has 1 atom stereocenters. The van der Waals surface area contributed by atoms with E-state index in [2.05, 4.69) is 5.32 Å². The average Bonchev–Trinajstić information content (AvgIpc) is 3.07. The average molecular weight is 660 g/mol. The number of carbonyl (C=O) groups excluding carboxylic acids is 2. The molecule has 8 nitrogen and oxygen atoms in total. The minimum atomic E-state index is -4.35. The van der Waals surface area contributed by atoms with Crippen LogP contribution in [-0.4, -0.2) is 50.9 Å². The van der Waals surface area contributed by atoms with Crippen molar-refractivity contribution in [2.75, 3.05) is 24.0 Å². The number of halogens is 1. The Morgan fingerprint density at radius 1 is 0.851 bits per heavy atom. The summed E-state index contributed by atoms with van der Waals surface area (Å²) in [6.45, 7) is 6.17. The van der Waals surface area contributed by atoms with Crippen molar-refractivity contribution < 1.29 is 27.1 Å². The van der Waals surface area contributed by atoms with Gasteiger partial charge in [0.25, 0.3) is 10.0 Å². The fourth-order valence-electron chi connectivity index (χ4n) is 5.09. The van der Waals surface area contributed by atoms with Crippen LogP contribution in [0.2, 0.25) is 0 Å². The normalized spacial score (nSPS) is 11.8. The Hall–Kier alpha value is -4.70. The van der Waals surface area contributed by atoms with Crippen LogP contribution in [-0.2, 0) is 32.6 Å². The van der Waals surface area contributed by atoms with Gasteiger partial charge in [0.2, 0.25) is 11.8 Å². The molecule has 0 aliphatic carbocycles. The van der Waals surface area contributed by atoms with E-state index in [0.29, 0.717) is 18.9 Å². The number of hydrogen-bond acceptors (Lipinski definition) is 5. The summed E-state index contributed by atoms with van der Waals surface area (Å²) in [5.74, 6) is -0.947. The van der Waals surface area contributed by atoms with E-state index < -0.39 is 34.3 Å². The Balaban J connectivity index is 1.78. The van der Waals surface area contributed by atoms with Gasteiger partial charge in [-0.3, -0.25) is 13.9 Å². The number of nitrogens with one attached hydrogen (secondary N) is 1. The number of amides is 2. The van der Waals surface area contributed by atoms with E-state index in [4.69, 9.17) is 4.74 Å². The van der Waals surface area contributed by atoms with E-state index in [1.54, 1.807) is 24.3 Å². The van der Waals surface area contributed by atoms with Crippen molar-refractivity contribution in [3.8, 4) is 5.75 Å². The number of hydrogen-bond donors (Lipinski definition) is 1. The molecule has 2 amide bonds. The summed E-state index contributed by atoms with van der Waals surface area (Å²) in [6, 6.07) is 26.9. The summed E-state index contributed by atoms with van der Waals surface area (Å²) in [5.41, 5.74) is 2.90. The van der Waals surface area contributed by atoms with Crippen molar-refractivity contribution in [2.45, 2.75) is 57.5 Å². The van der Waals surface area contributed by atoms with Gasteiger partial charge in [-0.15, -0.1) is 0 Å². The molecule has 0 aromatic heterocycles. The van der Waals surface area contributed by atoms with Gasteiger partial charge >= 0.3 is 0 Å². The van der Waals surface area contributed by atoms with Gasteiger partial charge in [-0.05, 0) is 79.9 Å². The van der Waals surface area contributed by atoms with E-state index in [1.165, 1.54) is 17.0 Å². The van der Waals surface area contributed by atoms with Crippen molar-refractivity contribution in [3.05, 3.63) is 126 Å². The molecular weight excluding hydrogens is 617 g/mol. The molecule has 248 valence electrons. The first kappa shape index (κ1) is 35.2. The highest BCUT2D eigenvalue weighted by molar-refractivity contribution is 7.92. The third-order valence-electron chi connectivity index (χ3n) is 7.69. The maximum absolute atomic E-state index is 14.5. The lowest BCUT2D eigenvalue weighted by Gasteiger charge is -2.34. The van der Waals surface area contributed by atoms with Gasteiger partial charge < -0.3 is 15.0 Å². The summed E-state index contributed by atoms with van der Waals surface area (Å²) in [4.78, 5) is 29.6. The third kappa shape index (κ3) is 9.65. The number of aryl methyl sites for hydroxylation is 1. The molecule has 0 bridgehead atoms. The fourth-order valence-corrected chi connectivity index (χ4v) is 6.50. The van der Waals surface area contributed by atoms with Crippen LogP contribution < -0.4 is 14.4 Å². The molecule has 10 heteroatoms. The Bertz CT molecular complexity index is 1700. The summed E-state index contributed by atoms with van der Waals surface area (Å²) in [7, 11) is -4.35. The minimum Gasteiger partial charge on any atom is -0.494 e. The first-order valence-corrected chi connectivity index (χ1v) is 17.2. The number of nitrogens with zero attached hydrogens (tertiary/aromatic N) is 2. The lowest BCUT2D eigenvalue weighted by Crippen LogP contribution is -2.53. The van der Waals surface area contributed by atoms with Crippen LogP contribution in [0, 0.1) is 12.7 Å². The van der Waals surface area contributed by atoms with Crippen molar-refractivity contribution in [1.82, 2.24) is 10.2 Å². The molecule has 0 unspecified atom stereocenters. The van der Waals surface area contributed by atoms with Crippen molar-refractivity contribution >= 4 is 27.5 Å². The van der Waals surface area contributed by atoms with E-state index in [-0.39, 0.29) is 29.5 Å². The second-order valence-electron chi connectivity index (χ2n) is 11.2. The summed E-state index contributed by atoms with van der Waals surface area (Å²) in [6.07, 6.45) is 1.88. The van der Waals surface area contributed by atoms with Gasteiger partial charge in [0.05, 0.1) is 17.2 Å². The van der Waals surface area contributed by atoms with Crippen LogP contribution >= 0.6 is 0 Å². The SMILES string of the molecule is CCCCNC(=O)[C@@H](Cc1ccccc1)N(Cc1ccc(C)cc1)C(=O)CN(c1ccc(OCC)cc1)S(=O)(=O)c1ccc(F)cc1. The predicted octanol–water partition coefficient (Wildman–Crippen LogP) is 6.28. The molecule has 0 saturated carbocycles. The van der Waals surface area contributed by atoms with Crippen molar-refractivity contribution in [2.24, 2.45) is 0 Å². The van der Waals surface area contributed by atoms with Gasteiger partial charge in [0, 0.05) is 19.5 Å². The zero-order valence-corrected chi connectivity index (χ0v) is 27.9. The summed E-state index contributed by atoms with van der Waals surface area (Å²) >= 11 is 0. The van der Waals surface area contributed by atoms with Crippen LogP contribution in [0.3, 0.4) is 0 Å². The van der Waals surface area contributed by atoms with Gasteiger partial charge in [-0.25, -0.2) is 12.8 Å². The number of carbonyl (C=O) groups is 2. The van der Waals surface area contributed by atoms with Crippen LogP contribution in [0.5, 0.6) is 5.75 Å². The van der Waals surface area contributed by atoms with E-state index in [9.17, 15) is 22.4 Å². The lowest BCUT2D eigenvalue weighted by molar-refractivity contribution is -0.140. The molecule has 0 radical (unpaired) electrons. The molecule has 4 aromatic carbocycles. The van der Waals surface area contributed by atoms with Crippen LogP contribution in [0.15, 0.2) is 108 Å². The van der Waals surface area contributed by atoms with Gasteiger partial charge in [0.15, 0.2) is 0 Å². The molecule has 4 rings (SSSR count). The maximum Gasteiger partial charge on any atom is 0.264 e. The lowest BCUT2D eigenvalue weighted by atomic mass is 10.0. The van der Waals surface area contributed by atoms with Crippen molar-refractivity contribution in [3.63, 3.8) is 0 Å². The molecule has 0 saturated heterocycles. The molecule has 0 spiro atoms. The number of sulfonamides is 1. The first-order chi connectivity index (χ1) is 22.6. The Labute approximate surface area is 277 Å². The zero-order chi connectivity index (χ0) is 33.8. The molecule has 0 heterocycles. The quantitative estimate of drug-likeness (QED) is 0.143. The standard InChI is InChI=1S/C37H42FN3O5S/c1-4-6-24-39-37(43)35(25-29-10-8-7-9-11-29)40(26-30-14-12-28(3)13-15-30)36(42)27-41(32-18-20-33(21-19-32)46-5-2)47(44,45)34-22-16-31(38)17-23-34/h7-23,35H,4-6,24-27H2,1-3H3,(H,39,43)/t35-/m1/s1. The number of ether oxygens (including phenoxy) is 1. The number of unbranched alkanes of at least 4 members (excludes halogenated alkanes) is 1. The molecule has 0 fully saturated rings. The Morgan fingerprint density at radius 3 is 2.13 bits per heavy atom. The Kier molecular flexibility index (Phi) is 12.5. The largest absolute Gasteiger partial charge is 0.494 e. The van der Waals surface area contributed by atoms with Crippen LogP contribution in [0.4, 0.5) is 10.1 Å². The van der Waals surface area contributed by atoms with Gasteiger partial charge in [0.1, 0.15) is 24.2 Å². The first-order valence-electron chi connectivity index (χ1n) is 15.8. The molecule has 1 N–H and O–H groups in total. The molecule has 4 aromatic rings. The monoisotopic (exact) mass is 659 g/mol. The summed E-state index contributed by atoms with van der Waals surface area (Å²) < 4.78 is 48.5. The third-order valence-corrected chi connectivity index (χ3v) is 9.48. The molecule has 47 heavy (non-hydrogen) atoms. The van der Waals surface area contributed by atoms with Crippen LogP contribution in [0.1, 0.15) is 43.4 Å². The highest BCUT2D eigenvalue weighted by Gasteiger charge is 2.34. The second-order valence-corrected chi connectivity index (χ2v) is 13.1. The molecule has 0 aliphatic heterocycles. The smallest absolute Gasteiger partial charge is 0.264 e. The molecule has 0 aliphatic rings. The van der Waals surface area contributed by atoms with Gasteiger partial charge in [-0.1, -0.05) is 73.5 Å². The van der Waals surface area contributed by atoms with E-state index >= 15 is 0 Å². The zero-order valence-electron chi connectivity index (χ0n) is 27.1. The predicted molar refractivity (Wildman–Crippen MR) is 182 cm³/mol. The highest BCUT2D eigenvalue weighted by Crippen LogP contribution is 2.27. The highest BCUT2D eigenvalue weighted by atomic mass is 32.2.